The van der Waals surface area contributed by atoms with Gasteiger partial charge in [0, 0.05) is 18.8 Å². The average molecular weight is 240 g/mol. The fourth-order valence-corrected chi connectivity index (χ4v) is 1.82. The Kier molecular flexibility index (Phi) is 3.72. The second-order valence-corrected chi connectivity index (χ2v) is 4.30. The maximum atomic E-state index is 12.3. The number of benzene rings is 1. The van der Waals surface area contributed by atoms with Crippen LogP contribution in [0.5, 0.6) is 0 Å². The quantitative estimate of drug-likeness (QED) is 0.826. The van der Waals surface area contributed by atoms with Gasteiger partial charge in [-0.2, -0.15) is 0 Å². The second-order valence-electron chi connectivity index (χ2n) is 4.30. The first-order valence-electron chi connectivity index (χ1n) is 5.89. The van der Waals surface area contributed by atoms with Gasteiger partial charge in [0.15, 0.2) is 0 Å². The average Bonchev–Trinajstić information content (AvgIpc) is 2.39. The van der Waals surface area contributed by atoms with E-state index in [4.69, 9.17) is 0 Å². The highest BCUT2D eigenvalue weighted by molar-refractivity contribution is 5.95. The van der Waals surface area contributed by atoms with Crippen molar-refractivity contribution in [3.63, 3.8) is 0 Å². The molecule has 1 heterocycles. The van der Waals surface area contributed by atoms with Crippen molar-refractivity contribution in [2.75, 3.05) is 7.05 Å². The number of amides is 1. The number of rotatable bonds is 3. The van der Waals surface area contributed by atoms with Crippen LogP contribution in [0.1, 0.15) is 21.6 Å². The molecule has 92 valence electrons. The molecule has 0 saturated carbocycles. The van der Waals surface area contributed by atoms with Crippen molar-refractivity contribution >= 4 is 5.91 Å². The van der Waals surface area contributed by atoms with Gasteiger partial charge >= 0.3 is 0 Å². The lowest BCUT2D eigenvalue weighted by molar-refractivity contribution is 0.0782. The van der Waals surface area contributed by atoms with Crippen molar-refractivity contribution in [2.24, 2.45) is 0 Å². The predicted molar refractivity (Wildman–Crippen MR) is 71.2 cm³/mol. The zero-order chi connectivity index (χ0) is 13.0. The Balaban J connectivity index is 2.13. The first-order valence-corrected chi connectivity index (χ1v) is 5.89. The fourth-order valence-electron chi connectivity index (χ4n) is 1.82. The van der Waals surface area contributed by atoms with Crippen LogP contribution in [0, 0.1) is 6.92 Å². The summed E-state index contributed by atoms with van der Waals surface area (Å²) in [6.07, 6.45) is 1.74. The molecule has 0 spiro atoms. The highest BCUT2D eigenvalue weighted by Gasteiger charge is 2.13. The van der Waals surface area contributed by atoms with Crippen LogP contribution in [0.2, 0.25) is 0 Å². The molecule has 3 nitrogen and oxygen atoms in total. The van der Waals surface area contributed by atoms with Crippen LogP contribution in [-0.4, -0.2) is 22.8 Å². The van der Waals surface area contributed by atoms with Crippen molar-refractivity contribution in [1.82, 2.24) is 9.88 Å². The Bertz CT molecular complexity index is 537. The van der Waals surface area contributed by atoms with E-state index >= 15 is 0 Å². The molecule has 1 amide bonds. The SMILES string of the molecule is Cc1ccccc1C(=O)N(C)Cc1ccccn1. The maximum absolute atomic E-state index is 12.3. The molecule has 0 bridgehead atoms. The third-order valence-electron chi connectivity index (χ3n) is 2.85. The highest BCUT2D eigenvalue weighted by Crippen LogP contribution is 2.11. The van der Waals surface area contributed by atoms with E-state index in [0.717, 1.165) is 16.8 Å². The molecule has 0 aliphatic heterocycles. The topological polar surface area (TPSA) is 33.2 Å². The molecule has 0 N–H and O–H groups in total. The first kappa shape index (κ1) is 12.3. The van der Waals surface area contributed by atoms with E-state index < -0.39 is 0 Å². The van der Waals surface area contributed by atoms with Gasteiger partial charge in [0.2, 0.25) is 0 Å². The molecule has 0 saturated heterocycles. The summed E-state index contributed by atoms with van der Waals surface area (Å²) >= 11 is 0. The maximum Gasteiger partial charge on any atom is 0.254 e. The van der Waals surface area contributed by atoms with Gasteiger partial charge in [0.1, 0.15) is 0 Å². The van der Waals surface area contributed by atoms with E-state index in [1.807, 2.05) is 49.4 Å². The largest absolute Gasteiger partial charge is 0.336 e. The molecular formula is C15H16N2O. The van der Waals surface area contributed by atoms with E-state index in [1.54, 1.807) is 18.1 Å². The van der Waals surface area contributed by atoms with E-state index in [-0.39, 0.29) is 5.91 Å². The summed E-state index contributed by atoms with van der Waals surface area (Å²) < 4.78 is 0. The lowest BCUT2D eigenvalue weighted by Crippen LogP contribution is -2.27. The van der Waals surface area contributed by atoms with Crippen molar-refractivity contribution < 1.29 is 4.79 Å². The number of hydrogen-bond donors (Lipinski definition) is 0. The number of pyridine rings is 1. The fraction of sp³-hybridized carbons (Fsp3) is 0.200. The monoisotopic (exact) mass is 240 g/mol. The molecule has 1 aromatic heterocycles. The summed E-state index contributed by atoms with van der Waals surface area (Å²) in [6, 6.07) is 13.3. The third-order valence-corrected chi connectivity index (χ3v) is 2.85. The highest BCUT2D eigenvalue weighted by atomic mass is 16.2. The molecule has 0 aliphatic carbocycles. The molecule has 0 atom stereocenters. The minimum absolute atomic E-state index is 0.0266. The van der Waals surface area contributed by atoms with Crippen LogP contribution in [0.3, 0.4) is 0 Å². The van der Waals surface area contributed by atoms with Gasteiger partial charge in [-0.1, -0.05) is 24.3 Å². The van der Waals surface area contributed by atoms with Crippen LogP contribution in [0.25, 0.3) is 0 Å². The summed E-state index contributed by atoms with van der Waals surface area (Å²) in [5, 5.41) is 0. The molecule has 0 aliphatic rings. The van der Waals surface area contributed by atoms with Gasteiger partial charge in [-0.05, 0) is 30.7 Å². The molecule has 0 unspecified atom stereocenters. The minimum Gasteiger partial charge on any atom is -0.336 e. The summed E-state index contributed by atoms with van der Waals surface area (Å²) in [4.78, 5) is 18.2. The van der Waals surface area contributed by atoms with E-state index in [1.165, 1.54) is 0 Å². The van der Waals surface area contributed by atoms with Crippen LogP contribution in [-0.2, 0) is 6.54 Å². The number of nitrogens with zero attached hydrogens (tertiary/aromatic N) is 2. The van der Waals surface area contributed by atoms with Crippen LogP contribution >= 0.6 is 0 Å². The zero-order valence-electron chi connectivity index (χ0n) is 10.6. The Morgan fingerprint density at radius 2 is 1.89 bits per heavy atom. The standard InChI is InChI=1S/C15H16N2O/c1-12-7-3-4-9-14(12)15(18)17(2)11-13-8-5-6-10-16-13/h3-10H,11H2,1-2H3. The Labute approximate surface area is 107 Å². The van der Waals surface area contributed by atoms with Crippen molar-refractivity contribution in [1.29, 1.82) is 0 Å². The lowest BCUT2D eigenvalue weighted by Gasteiger charge is -2.17. The van der Waals surface area contributed by atoms with E-state index in [2.05, 4.69) is 4.98 Å². The number of aromatic nitrogens is 1. The van der Waals surface area contributed by atoms with Crippen LogP contribution < -0.4 is 0 Å². The summed E-state index contributed by atoms with van der Waals surface area (Å²) in [6.45, 7) is 2.47. The lowest BCUT2D eigenvalue weighted by atomic mass is 10.1. The second kappa shape index (κ2) is 5.45. The first-order chi connectivity index (χ1) is 8.68. The molecule has 0 fully saturated rings. The molecular weight excluding hydrogens is 224 g/mol. The van der Waals surface area contributed by atoms with Crippen molar-refractivity contribution in [3.05, 3.63) is 65.5 Å². The molecule has 2 aromatic rings. The minimum atomic E-state index is 0.0266. The zero-order valence-corrected chi connectivity index (χ0v) is 10.6. The number of aryl methyl sites for hydroxylation is 1. The summed E-state index contributed by atoms with van der Waals surface area (Å²) in [5.41, 5.74) is 2.63. The normalized spacial score (nSPS) is 10.1. The summed E-state index contributed by atoms with van der Waals surface area (Å²) in [5.74, 6) is 0.0266. The van der Waals surface area contributed by atoms with Gasteiger partial charge in [-0.25, -0.2) is 0 Å². The smallest absolute Gasteiger partial charge is 0.254 e. The van der Waals surface area contributed by atoms with Crippen LogP contribution in [0.15, 0.2) is 48.7 Å². The van der Waals surface area contributed by atoms with Crippen molar-refractivity contribution in [3.8, 4) is 0 Å². The van der Waals surface area contributed by atoms with Gasteiger partial charge in [-0.15, -0.1) is 0 Å². The molecule has 3 heteroatoms. The van der Waals surface area contributed by atoms with Gasteiger partial charge < -0.3 is 4.90 Å². The number of carbonyl (C=O) groups excluding carboxylic acids is 1. The van der Waals surface area contributed by atoms with Gasteiger partial charge in [0.05, 0.1) is 12.2 Å². The Morgan fingerprint density at radius 1 is 1.17 bits per heavy atom. The van der Waals surface area contributed by atoms with Crippen molar-refractivity contribution in [2.45, 2.75) is 13.5 Å². The Hall–Kier alpha value is -2.16. The number of hydrogen-bond acceptors (Lipinski definition) is 2. The molecule has 0 radical (unpaired) electrons. The molecule has 1 aromatic carbocycles. The van der Waals surface area contributed by atoms with Crippen LogP contribution in [0.4, 0.5) is 0 Å². The molecule has 18 heavy (non-hydrogen) atoms. The third kappa shape index (κ3) is 2.74. The van der Waals surface area contributed by atoms with E-state index in [0.29, 0.717) is 6.54 Å². The Morgan fingerprint density at radius 3 is 2.56 bits per heavy atom. The number of carbonyl (C=O) groups is 1. The van der Waals surface area contributed by atoms with Gasteiger partial charge in [0.25, 0.3) is 5.91 Å². The summed E-state index contributed by atoms with van der Waals surface area (Å²) in [7, 11) is 1.80. The molecule has 2 rings (SSSR count). The van der Waals surface area contributed by atoms with E-state index in [9.17, 15) is 4.79 Å². The predicted octanol–water partition coefficient (Wildman–Crippen LogP) is 2.66. The van der Waals surface area contributed by atoms with Gasteiger partial charge in [-0.3, -0.25) is 9.78 Å².